The van der Waals surface area contributed by atoms with Gasteiger partial charge in [0.25, 0.3) is 0 Å². The van der Waals surface area contributed by atoms with Crippen LogP contribution in [0.5, 0.6) is 0 Å². The number of anilines is 2. The highest BCUT2D eigenvalue weighted by atomic mass is 19.4. The molecule has 0 radical (unpaired) electrons. The van der Waals surface area contributed by atoms with Gasteiger partial charge in [0.2, 0.25) is 5.78 Å². The average molecular weight is 511 g/mol. The Labute approximate surface area is 211 Å². The van der Waals surface area contributed by atoms with Crippen LogP contribution in [0, 0.1) is 6.92 Å². The van der Waals surface area contributed by atoms with Crippen molar-refractivity contribution >= 4 is 29.2 Å². The van der Waals surface area contributed by atoms with Gasteiger partial charge in [-0.3, -0.25) is 9.59 Å². The van der Waals surface area contributed by atoms with Crippen molar-refractivity contribution in [3.05, 3.63) is 82.9 Å². The minimum Gasteiger partial charge on any atom is -0.451 e. The lowest BCUT2D eigenvalue weighted by Gasteiger charge is -2.32. The molecule has 0 fully saturated rings. The predicted molar refractivity (Wildman–Crippen MR) is 134 cm³/mol. The lowest BCUT2D eigenvalue weighted by Crippen LogP contribution is -2.43. The molecule has 4 rings (SSSR count). The first kappa shape index (κ1) is 25.9. The van der Waals surface area contributed by atoms with E-state index in [4.69, 9.17) is 4.74 Å². The van der Waals surface area contributed by atoms with Crippen LogP contribution < -0.4 is 10.6 Å². The third kappa shape index (κ3) is 5.66. The van der Waals surface area contributed by atoms with Crippen LogP contribution in [0.3, 0.4) is 0 Å². The number of rotatable bonds is 4. The van der Waals surface area contributed by atoms with E-state index in [0.717, 1.165) is 34.4 Å². The first-order chi connectivity index (χ1) is 17.4. The third-order valence-electron chi connectivity index (χ3n) is 6.31. The maximum absolute atomic E-state index is 13.0. The number of Topliss-reactive ketones (excluding diaryl/α,β-unsaturated/α-hetero) is 1. The molecule has 0 saturated carbocycles. The summed E-state index contributed by atoms with van der Waals surface area (Å²) < 4.78 is 44.0. The molecule has 0 spiro atoms. The first-order valence-corrected chi connectivity index (χ1v) is 11.6. The van der Waals surface area contributed by atoms with Crippen molar-refractivity contribution in [3.63, 3.8) is 0 Å². The highest BCUT2D eigenvalue weighted by molar-refractivity contribution is 6.05. The molecule has 3 aromatic rings. The summed E-state index contributed by atoms with van der Waals surface area (Å²) in [5.41, 5.74) is 2.50. The smallest absolute Gasteiger partial charge is 0.416 e. The van der Waals surface area contributed by atoms with Crippen molar-refractivity contribution in [2.45, 2.75) is 45.4 Å². The summed E-state index contributed by atoms with van der Waals surface area (Å²) in [4.78, 5) is 36.7. The fourth-order valence-corrected chi connectivity index (χ4v) is 4.51. The first-order valence-electron chi connectivity index (χ1n) is 11.6. The number of urea groups is 1. The van der Waals surface area contributed by atoms with Gasteiger partial charge >= 0.3 is 18.2 Å². The zero-order valence-corrected chi connectivity index (χ0v) is 20.5. The molecule has 0 aliphatic heterocycles. The molecule has 192 valence electrons. The van der Waals surface area contributed by atoms with E-state index in [1.807, 2.05) is 25.1 Å². The molecule has 2 amide bonds. The van der Waals surface area contributed by atoms with E-state index >= 15 is 0 Å². The molecule has 1 aliphatic rings. The molecule has 0 saturated heterocycles. The average Bonchev–Trinajstić information content (AvgIpc) is 2.81. The molecule has 3 aromatic carbocycles. The second-order valence-corrected chi connectivity index (χ2v) is 9.21. The number of halogens is 3. The molecule has 0 heterocycles. The Kier molecular flexibility index (Phi) is 6.82. The largest absolute Gasteiger partial charge is 0.451 e. The monoisotopic (exact) mass is 510 g/mol. The van der Waals surface area contributed by atoms with Crippen LogP contribution in [0.2, 0.25) is 0 Å². The Balaban J connectivity index is 1.48. The van der Waals surface area contributed by atoms with Gasteiger partial charge in [-0.05, 0) is 79.3 Å². The van der Waals surface area contributed by atoms with E-state index in [9.17, 15) is 27.6 Å². The molecule has 0 bridgehead atoms. The lowest BCUT2D eigenvalue weighted by molar-refractivity contribution is -0.151. The summed E-state index contributed by atoms with van der Waals surface area (Å²) in [5.74, 6) is -0.720. The quantitative estimate of drug-likeness (QED) is 0.379. The van der Waals surface area contributed by atoms with Gasteiger partial charge in [-0.1, -0.05) is 30.3 Å². The third-order valence-corrected chi connectivity index (χ3v) is 6.31. The van der Waals surface area contributed by atoms with Crippen LogP contribution in [-0.4, -0.2) is 23.4 Å². The number of ether oxygens (including phenoxy) is 1. The summed E-state index contributed by atoms with van der Waals surface area (Å²) in [6, 6.07) is 14.5. The minimum atomic E-state index is -4.51. The number of aryl methyl sites for hydroxylation is 2. The van der Waals surface area contributed by atoms with Gasteiger partial charge < -0.3 is 15.4 Å². The van der Waals surface area contributed by atoms with Gasteiger partial charge in [0, 0.05) is 23.9 Å². The topological polar surface area (TPSA) is 84.5 Å². The summed E-state index contributed by atoms with van der Waals surface area (Å²) in [6.07, 6.45) is -3.54. The van der Waals surface area contributed by atoms with Crippen LogP contribution >= 0.6 is 0 Å². The van der Waals surface area contributed by atoms with Crippen molar-refractivity contribution in [3.8, 4) is 11.1 Å². The van der Waals surface area contributed by atoms with Gasteiger partial charge in [0.15, 0.2) is 5.60 Å². The molecule has 1 aliphatic carbocycles. The van der Waals surface area contributed by atoms with Crippen molar-refractivity contribution in [1.29, 1.82) is 0 Å². The summed E-state index contributed by atoms with van der Waals surface area (Å²) in [7, 11) is 0. The molecule has 2 N–H and O–H groups in total. The van der Waals surface area contributed by atoms with E-state index in [1.54, 1.807) is 25.1 Å². The highest BCUT2D eigenvalue weighted by Gasteiger charge is 2.41. The Morgan fingerprint density at radius 1 is 0.946 bits per heavy atom. The van der Waals surface area contributed by atoms with Crippen LogP contribution in [0.1, 0.15) is 47.3 Å². The number of carbonyl (C=O) groups excluding carboxylic acids is 3. The number of nitrogens with one attached hydrogen (secondary N) is 2. The van der Waals surface area contributed by atoms with Crippen molar-refractivity contribution in [2.75, 3.05) is 10.6 Å². The van der Waals surface area contributed by atoms with Crippen molar-refractivity contribution in [2.24, 2.45) is 0 Å². The van der Waals surface area contributed by atoms with Gasteiger partial charge in [-0.15, -0.1) is 0 Å². The second kappa shape index (κ2) is 9.72. The van der Waals surface area contributed by atoms with E-state index in [-0.39, 0.29) is 11.5 Å². The van der Waals surface area contributed by atoms with Crippen LogP contribution in [-0.2, 0) is 22.1 Å². The fraction of sp³-hybridized carbons (Fsp3) is 0.250. The molecule has 9 heteroatoms. The van der Waals surface area contributed by atoms with Gasteiger partial charge in [-0.2, -0.15) is 13.2 Å². The molecule has 0 aromatic heterocycles. The van der Waals surface area contributed by atoms with Crippen LogP contribution in [0.15, 0.2) is 60.7 Å². The second-order valence-electron chi connectivity index (χ2n) is 9.21. The van der Waals surface area contributed by atoms with Crippen molar-refractivity contribution < 1.29 is 32.3 Å². The fourth-order valence-electron chi connectivity index (χ4n) is 4.51. The maximum atomic E-state index is 13.0. The Morgan fingerprint density at radius 2 is 1.62 bits per heavy atom. The Morgan fingerprint density at radius 3 is 2.27 bits per heavy atom. The number of hydrogen-bond donors (Lipinski definition) is 2. The van der Waals surface area contributed by atoms with E-state index in [1.165, 1.54) is 19.1 Å². The molecule has 37 heavy (non-hydrogen) atoms. The van der Waals surface area contributed by atoms with Crippen LogP contribution in [0.4, 0.5) is 29.3 Å². The summed E-state index contributed by atoms with van der Waals surface area (Å²) in [6.45, 7) is 4.79. The van der Waals surface area contributed by atoms with Crippen LogP contribution in [0.25, 0.3) is 11.1 Å². The SMILES string of the molecule is CC(=O)OC1(C)CCc2cc(-c3ccc(NC(=O)Nc4cccc(C(F)(F)F)c4)cc3C)ccc2C1=O. The number of ketones is 1. The van der Waals surface area contributed by atoms with Crippen molar-refractivity contribution in [1.82, 2.24) is 0 Å². The number of alkyl halides is 3. The van der Waals surface area contributed by atoms with E-state index < -0.39 is 29.3 Å². The number of esters is 1. The summed E-state index contributed by atoms with van der Waals surface area (Å²) >= 11 is 0. The van der Waals surface area contributed by atoms with Gasteiger partial charge in [0.1, 0.15) is 0 Å². The number of benzene rings is 3. The Hall–Kier alpha value is -4.14. The molecular weight excluding hydrogens is 485 g/mol. The predicted octanol–water partition coefficient (Wildman–Crippen LogP) is 6.78. The Bertz CT molecular complexity index is 1400. The molecular formula is C28H25F3N2O4. The highest BCUT2D eigenvalue weighted by Crippen LogP contribution is 2.35. The number of hydrogen-bond acceptors (Lipinski definition) is 4. The standard InChI is InChI=1S/C28H25F3N2O4/c1-16-13-22(33-26(36)32-21-6-4-5-20(15-21)28(29,30)31)8-10-23(16)18-7-9-24-19(14-18)11-12-27(3,25(24)35)37-17(2)34/h4-10,13-15H,11-12H2,1-3H3,(H2,32,33,36). The normalized spacial score (nSPS) is 17.1. The molecule has 1 unspecified atom stereocenters. The lowest BCUT2D eigenvalue weighted by atomic mass is 9.79. The minimum absolute atomic E-state index is 0.0223. The molecule has 1 atom stereocenters. The van der Waals surface area contributed by atoms with Gasteiger partial charge in [-0.25, -0.2) is 4.79 Å². The van der Waals surface area contributed by atoms with E-state index in [2.05, 4.69) is 10.6 Å². The number of amides is 2. The zero-order valence-electron chi connectivity index (χ0n) is 20.5. The maximum Gasteiger partial charge on any atom is 0.416 e. The molecule has 6 nitrogen and oxygen atoms in total. The summed E-state index contributed by atoms with van der Waals surface area (Å²) in [5, 5.41) is 5.04. The van der Waals surface area contributed by atoms with Gasteiger partial charge in [0.05, 0.1) is 5.56 Å². The number of carbonyl (C=O) groups is 3. The van der Waals surface area contributed by atoms with E-state index in [0.29, 0.717) is 24.1 Å². The number of fused-ring (bicyclic) bond motifs is 1. The zero-order chi connectivity index (χ0) is 27.0.